The Morgan fingerprint density at radius 2 is 2.29 bits per heavy atom. The van der Waals surface area contributed by atoms with Gasteiger partial charge in [-0.2, -0.15) is 0 Å². The van der Waals surface area contributed by atoms with Crippen LogP contribution in [-0.2, 0) is 22.5 Å². The second-order valence-electron chi connectivity index (χ2n) is 3.23. The maximum Gasteiger partial charge on any atom is 0.311 e. The first-order chi connectivity index (χ1) is 7.99. The van der Waals surface area contributed by atoms with Gasteiger partial charge in [-0.1, -0.05) is 0 Å². The quantitative estimate of drug-likeness (QED) is 0.682. The number of nitrogens with zero attached hydrogens (tertiary/aromatic N) is 1. The van der Waals surface area contributed by atoms with E-state index in [0.29, 0.717) is 11.3 Å². The van der Waals surface area contributed by atoms with Gasteiger partial charge in [-0.05, 0) is 27.6 Å². The molecule has 1 aromatic heterocycles. The molecule has 0 saturated carbocycles. The van der Waals surface area contributed by atoms with Crippen molar-refractivity contribution >= 4 is 21.9 Å². The van der Waals surface area contributed by atoms with Crippen molar-refractivity contribution in [2.45, 2.75) is 19.4 Å². The van der Waals surface area contributed by atoms with E-state index in [1.165, 1.54) is 13.2 Å². The largest absolute Gasteiger partial charge is 0.469 e. The number of ether oxygens (including phenoxy) is 1. The minimum absolute atomic E-state index is 0.0172. The molecule has 0 spiro atoms. The summed E-state index contributed by atoms with van der Waals surface area (Å²) in [6.07, 6.45) is -2.74. The Balaban J connectivity index is 3.14. The van der Waals surface area contributed by atoms with Crippen LogP contribution in [0.15, 0.2) is 10.7 Å². The predicted octanol–water partition coefficient (Wildman–Crippen LogP) is 1.96. The molecule has 1 aromatic rings. The van der Waals surface area contributed by atoms with Crippen LogP contribution in [0.1, 0.15) is 23.2 Å². The van der Waals surface area contributed by atoms with Crippen LogP contribution in [-0.4, -0.2) is 18.1 Å². The molecular weight excluding hydrogens is 298 g/mol. The summed E-state index contributed by atoms with van der Waals surface area (Å²) in [4.78, 5) is 15.0. The number of nitrogens with two attached hydrogens (primary N) is 1. The average molecular weight is 309 g/mol. The molecule has 0 bridgehead atoms. The summed E-state index contributed by atoms with van der Waals surface area (Å²) in [6, 6.07) is 1.25. The molecule has 0 amide bonds. The number of pyridine rings is 1. The lowest BCUT2D eigenvalue weighted by atomic mass is 10.1. The number of methoxy groups -OCH3 is 1. The fourth-order valence-corrected chi connectivity index (χ4v) is 1.78. The first kappa shape index (κ1) is 14.0. The summed E-state index contributed by atoms with van der Waals surface area (Å²) in [6.45, 7) is 0.0341. The Morgan fingerprint density at radius 1 is 1.65 bits per heavy atom. The van der Waals surface area contributed by atoms with Crippen LogP contribution in [0, 0.1) is 0 Å². The van der Waals surface area contributed by atoms with Crippen molar-refractivity contribution in [3.05, 3.63) is 27.5 Å². The van der Waals surface area contributed by atoms with E-state index in [2.05, 4.69) is 25.7 Å². The van der Waals surface area contributed by atoms with Gasteiger partial charge in [-0.15, -0.1) is 0 Å². The van der Waals surface area contributed by atoms with Crippen molar-refractivity contribution in [3.8, 4) is 0 Å². The number of alkyl halides is 2. The molecule has 0 saturated heterocycles. The van der Waals surface area contributed by atoms with E-state index >= 15 is 0 Å². The zero-order valence-electron chi connectivity index (χ0n) is 9.04. The first-order valence-electron chi connectivity index (χ1n) is 4.72. The summed E-state index contributed by atoms with van der Waals surface area (Å²) >= 11 is 2.94. The second-order valence-corrected chi connectivity index (χ2v) is 3.98. The minimum atomic E-state index is -2.64. The van der Waals surface area contributed by atoms with Crippen molar-refractivity contribution in [2.24, 2.45) is 5.73 Å². The minimum Gasteiger partial charge on any atom is -0.469 e. The van der Waals surface area contributed by atoms with E-state index in [9.17, 15) is 13.6 Å². The molecule has 0 unspecified atom stereocenters. The summed E-state index contributed by atoms with van der Waals surface area (Å²) in [5.41, 5.74) is 5.95. The molecule has 0 aliphatic carbocycles. The van der Waals surface area contributed by atoms with E-state index in [1.54, 1.807) is 0 Å². The van der Waals surface area contributed by atoms with Crippen LogP contribution >= 0.6 is 15.9 Å². The van der Waals surface area contributed by atoms with Gasteiger partial charge in [0.2, 0.25) is 0 Å². The van der Waals surface area contributed by atoms with Gasteiger partial charge in [-0.3, -0.25) is 4.79 Å². The number of carbonyl (C=O) groups is 1. The molecule has 94 valence electrons. The number of hydrogen-bond acceptors (Lipinski definition) is 4. The first-order valence-corrected chi connectivity index (χ1v) is 5.52. The number of halogens is 3. The molecule has 4 nitrogen and oxygen atoms in total. The van der Waals surface area contributed by atoms with Gasteiger partial charge in [-0.25, -0.2) is 13.8 Å². The standard InChI is InChI=1S/C10H11BrF2N2O2/c1-17-8(16)3-7-5(4-14)2-6(10(12)13)9(11)15-7/h2,10H,3-4,14H2,1H3. The summed E-state index contributed by atoms with van der Waals surface area (Å²) in [5.74, 6) is -0.496. The Morgan fingerprint density at radius 3 is 2.76 bits per heavy atom. The van der Waals surface area contributed by atoms with Crippen molar-refractivity contribution in [1.82, 2.24) is 4.98 Å². The smallest absolute Gasteiger partial charge is 0.311 e. The van der Waals surface area contributed by atoms with Gasteiger partial charge >= 0.3 is 5.97 Å². The van der Waals surface area contributed by atoms with E-state index in [1.807, 2.05) is 0 Å². The molecule has 1 heterocycles. The maximum atomic E-state index is 12.6. The Kier molecular flexibility index (Phi) is 4.95. The molecule has 2 N–H and O–H groups in total. The third-order valence-corrected chi connectivity index (χ3v) is 2.80. The van der Waals surface area contributed by atoms with Crippen molar-refractivity contribution < 1.29 is 18.3 Å². The molecule has 1 rings (SSSR count). The lowest BCUT2D eigenvalue weighted by Gasteiger charge is -2.10. The third-order valence-electron chi connectivity index (χ3n) is 2.17. The zero-order chi connectivity index (χ0) is 13.0. The lowest BCUT2D eigenvalue weighted by Crippen LogP contribution is -2.12. The Hall–Kier alpha value is -1.08. The number of hydrogen-bond donors (Lipinski definition) is 1. The number of rotatable bonds is 4. The number of esters is 1. The Bertz CT molecular complexity index is 427. The zero-order valence-corrected chi connectivity index (χ0v) is 10.6. The molecule has 0 radical (unpaired) electrons. The van der Waals surface area contributed by atoms with Gasteiger partial charge in [0, 0.05) is 6.54 Å². The van der Waals surface area contributed by atoms with Crippen LogP contribution in [0.2, 0.25) is 0 Å². The van der Waals surface area contributed by atoms with Crippen molar-refractivity contribution in [1.29, 1.82) is 0 Å². The normalized spacial score (nSPS) is 10.7. The van der Waals surface area contributed by atoms with E-state index in [-0.39, 0.29) is 23.1 Å². The van der Waals surface area contributed by atoms with Gasteiger partial charge < -0.3 is 10.5 Å². The summed E-state index contributed by atoms with van der Waals surface area (Å²) in [7, 11) is 1.24. The second kappa shape index (κ2) is 6.02. The van der Waals surface area contributed by atoms with Gasteiger partial charge in [0.25, 0.3) is 6.43 Å². The predicted molar refractivity (Wildman–Crippen MR) is 60.5 cm³/mol. The molecule has 0 aliphatic rings. The lowest BCUT2D eigenvalue weighted by molar-refractivity contribution is -0.139. The van der Waals surface area contributed by atoms with E-state index in [0.717, 1.165) is 0 Å². The van der Waals surface area contributed by atoms with Gasteiger partial charge in [0.1, 0.15) is 4.60 Å². The van der Waals surface area contributed by atoms with Crippen molar-refractivity contribution in [3.63, 3.8) is 0 Å². The van der Waals surface area contributed by atoms with Crippen LogP contribution < -0.4 is 5.73 Å². The number of carbonyl (C=O) groups excluding carboxylic acids is 1. The van der Waals surface area contributed by atoms with Crippen LogP contribution in [0.25, 0.3) is 0 Å². The molecule has 0 aromatic carbocycles. The van der Waals surface area contributed by atoms with Crippen molar-refractivity contribution in [2.75, 3.05) is 7.11 Å². The molecule has 0 fully saturated rings. The maximum absolute atomic E-state index is 12.6. The topological polar surface area (TPSA) is 65.2 Å². The fourth-order valence-electron chi connectivity index (χ4n) is 1.28. The molecular formula is C10H11BrF2N2O2. The third kappa shape index (κ3) is 3.44. The summed E-state index contributed by atoms with van der Waals surface area (Å²) in [5, 5.41) is 0. The fraction of sp³-hybridized carbons (Fsp3) is 0.400. The van der Waals surface area contributed by atoms with Crippen LogP contribution in [0.5, 0.6) is 0 Å². The Labute approximate surface area is 105 Å². The highest BCUT2D eigenvalue weighted by Gasteiger charge is 2.18. The highest BCUT2D eigenvalue weighted by molar-refractivity contribution is 9.10. The van der Waals surface area contributed by atoms with Gasteiger partial charge in [0.05, 0.1) is 24.8 Å². The van der Waals surface area contributed by atoms with Crippen LogP contribution in [0.3, 0.4) is 0 Å². The summed E-state index contributed by atoms with van der Waals surface area (Å²) < 4.78 is 29.7. The molecule has 0 atom stereocenters. The molecule has 0 aliphatic heterocycles. The average Bonchev–Trinajstić information content (AvgIpc) is 2.28. The molecule has 7 heteroatoms. The highest BCUT2D eigenvalue weighted by Crippen LogP contribution is 2.28. The SMILES string of the molecule is COC(=O)Cc1nc(Br)c(C(F)F)cc1CN. The van der Waals surface area contributed by atoms with E-state index in [4.69, 9.17) is 5.73 Å². The van der Waals surface area contributed by atoms with Crippen LogP contribution in [0.4, 0.5) is 8.78 Å². The van der Waals surface area contributed by atoms with E-state index < -0.39 is 12.4 Å². The highest BCUT2D eigenvalue weighted by atomic mass is 79.9. The van der Waals surface area contributed by atoms with Gasteiger partial charge in [0.15, 0.2) is 0 Å². The number of aromatic nitrogens is 1. The monoisotopic (exact) mass is 308 g/mol. The molecule has 17 heavy (non-hydrogen) atoms.